The molecule has 8 bridgehead atoms. The van der Waals surface area contributed by atoms with Gasteiger partial charge in [-0.25, -0.2) is 0 Å². The first-order valence-corrected chi connectivity index (χ1v) is 38.3. The number of nitrogens with zero attached hydrogens (tertiary/aromatic N) is 4. The lowest BCUT2D eigenvalue weighted by molar-refractivity contribution is -0.149. The maximum atomic E-state index is 15.1. The number of hydrogen-bond donors (Lipinski definition) is 4. The Morgan fingerprint density at radius 3 is 0.926 bits per heavy atom. The molecule has 1 aliphatic heterocycles. The number of likely N-dealkylation sites (N-methyl/N-ethyl adjacent to an activating group) is 4. The third-order valence-electron chi connectivity index (χ3n) is 24.4. The van der Waals surface area contributed by atoms with Gasteiger partial charge in [0.2, 0.25) is 47.3 Å². The van der Waals surface area contributed by atoms with Crippen molar-refractivity contribution < 1.29 is 57.4 Å². The third-order valence-corrected chi connectivity index (χ3v) is 24.4. The molecule has 20 heteroatoms. The zero-order chi connectivity index (χ0) is 75.0. The van der Waals surface area contributed by atoms with E-state index in [9.17, 15) is 28.8 Å². The van der Waals surface area contributed by atoms with Gasteiger partial charge in [0.15, 0.2) is 0 Å². The topological polar surface area (TPSA) is 250 Å². The van der Waals surface area contributed by atoms with Gasteiger partial charge >= 0.3 is 11.9 Å². The molecule has 1 saturated heterocycles. The lowest BCUT2D eigenvalue weighted by Crippen LogP contribution is -2.54. The second kappa shape index (κ2) is 31.1. The molecule has 10 aromatic rings. The van der Waals surface area contributed by atoms with Crippen molar-refractivity contribution in [2.24, 2.45) is 23.7 Å². The zero-order valence-electron chi connectivity index (χ0n) is 61.5. The first-order valence-electron chi connectivity index (χ1n) is 38.3. The van der Waals surface area contributed by atoms with Gasteiger partial charge in [-0.3, -0.25) is 47.9 Å². The lowest BCUT2D eigenvalue weighted by atomic mass is 9.91. The number of carbonyl (C=O) groups excluding carboxylic acids is 10. The minimum Gasteiger partial charge on any atom is -0.463 e. The monoisotopic (exact) mass is 1450 g/mol. The Morgan fingerprint density at radius 1 is 0.324 bits per heavy atom. The normalized spacial score (nSPS) is 25.4. The second-order valence-corrected chi connectivity index (χ2v) is 31.0. The van der Waals surface area contributed by atoms with E-state index in [0.29, 0.717) is 51.4 Å². The van der Waals surface area contributed by atoms with Crippen molar-refractivity contribution in [3.8, 4) is 0 Å². The van der Waals surface area contributed by atoms with Crippen LogP contribution < -0.4 is 21.3 Å². The van der Waals surface area contributed by atoms with Gasteiger partial charge in [-0.15, -0.1) is 0 Å². The fraction of sp³-hybridized carbons (Fsp3) is 0.386. The van der Waals surface area contributed by atoms with E-state index in [0.717, 1.165) is 86.9 Å². The van der Waals surface area contributed by atoms with Crippen molar-refractivity contribution in [2.45, 2.75) is 151 Å². The van der Waals surface area contributed by atoms with Crippen molar-refractivity contribution in [1.82, 2.24) is 40.9 Å². The van der Waals surface area contributed by atoms with Crippen LogP contribution in [0.3, 0.4) is 0 Å². The Balaban J connectivity index is 0.687. The summed E-state index contributed by atoms with van der Waals surface area (Å²) in [4.78, 5) is 154. The Kier molecular flexibility index (Phi) is 20.9. The molecule has 4 N–H and O–H groups in total. The largest absolute Gasteiger partial charge is 0.463 e. The summed E-state index contributed by atoms with van der Waals surface area (Å²) < 4.78 is 12.1. The summed E-state index contributed by atoms with van der Waals surface area (Å²) in [5.74, 6) is -7.10. The van der Waals surface area contributed by atoms with Crippen molar-refractivity contribution in [1.29, 1.82) is 0 Å². The lowest BCUT2D eigenvalue weighted by Gasteiger charge is -2.31. The number of ether oxygens (including phenoxy) is 2. The van der Waals surface area contributed by atoms with Crippen LogP contribution in [0.2, 0.25) is 0 Å². The van der Waals surface area contributed by atoms with Crippen LogP contribution in [0.15, 0.2) is 170 Å². The third kappa shape index (κ3) is 14.9. The number of esters is 2. The molecule has 8 amide bonds. The summed E-state index contributed by atoms with van der Waals surface area (Å²) in [5, 5.41) is 24.7. The zero-order valence-corrected chi connectivity index (χ0v) is 61.5. The maximum absolute atomic E-state index is 15.1. The molecule has 1 heterocycles. The number of fused-ring (bicyclic) bond motifs is 8. The van der Waals surface area contributed by atoms with Crippen LogP contribution in [0.1, 0.15) is 99.3 Å². The Labute approximate surface area is 627 Å². The number of rotatable bonds is 12. The molecule has 4 saturated carbocycles. The number of nitrogens with one attached hydrogen (secondary N) is 4. The van der Waals surface area contributed by atoms with Gasteiger partial charge in [-0.2, -0.15) is 0 Å². The summed E-state index contributed by atoms with van der Waals surface area (Å²) in [6, 6.07) is 48.8. The van der Waals surface area contributed by atoms with E-state index >= 15 is 19.2 Å². The minimum atomic E-state index is -1.33. The molecule has 0 aromatic heterocycles. The second-order valence-electron chi connectivity index (χ2n) is 31.0. The summed E-state index contributed by atoms with van der Waals surface area (Å²) >= 11 is 0. The van der Waals surface area contributed by atoms with Gasteiger partial charge in [0.1, 0.15) is 37.4 Å². The standard InChI is InChI=1S/C88H92N8O12/c1-93-65-35-31-63(45-65)83(101)91-73(49-107-75(97)47-59-27-25-57-23-21-53-17-11-19-55-33-39-69(59)79(57)77(53)55)87(105)96(4)68-38-30-62(44-68)82(100)90-72(42-52-15-9-6-10-16-52)86(104)94(2)66-36-32-64(46-66)84(102)92-74(50-108-76(98)48-60-28-26-58-24-22-54-18-12-20-56-34-40-70(60)80(58)78(54)56)88(106)95(3)67-37-29-61(43-67)81(99)89-71(85(93)103)41-51-13-7-5-8-14-51/h5-28,33-34,39-40,61-68,71-74H,29-32,35-38,41-50H2,1-4H3,(H,89,99)(H,90,100)(H,91,101)(H,92,102)/t61-,62+,63-,64-,65-,66-,67-,68-,71-,72+,73+,74+/m0/s1. The molecular weight excluding hydrogens is 1360 g/mol. The molecule has 12 atom stereocenters. The Hall–Kier alpha value is -11.0. The van der Waals surface area contributed by atoms with Crippen LogP contribution in [0.5, 0.6) is 0 Å². The van der Waals surface area contributed by atoms with E-state index in [-0.39, 0.29) is 75.0 Å². The Bertz CT molecular complexity index is 4760. The Morgan fingerprint density at radius 2 is 0.602 bits per heavy atom. The van der Waals surface area contributed by atoms with Crippen molar-refractivity contribution in [3.63, 3.8) is 0 Å². The molecule has 4 aliphatic carbocycles. The van der Waals surface area contributed by atoms with Crippen LogP contribution in [-0.2, 0) is 83.1 Å². The molecule has 0 radical (unpaired) electrons. The number of amides is 8. The summed E-state index contributed by atoms with van der Waals surface area (Å²) in [7, 11) is 6.61. The quantitative estimate of drug-likeness (QED) is 0.0659. The van der Waals surface area contributed by atoms with Crippen LogP contribution in [0.25, 0.3) is 64.6 Å². The molecule has 0 unspecified atom stereocenters. The van der Waals surface area contributed by atoms with Crippen molar-refractivity contribution in [2.75, 3.05) is 41.4 Å². The molecule has 556 valence electrons. The molecule has 10 aromatic carbocycles. The van der Waals surface area contributed by atoms with Gasteiger partial charge in [0, 0.05) is 88.9 Å². The van der Waals surface area contributed by atoms with E-state index < -0.39 is 121 Å². The first-order chi connectivity index (χ1) is 52.3. The minimum absolute atomic E-state index is 0.106. The average Bonchev–Trinajstić information content (AvgIpc) is 0.872. The van der Waals surface area contributed by atoms with Crippen LogP contribution >= 0.6 is 0 Å². The molecule has 20 nitrogen and oxygen atoms in total. The number of hydrogen-bond acceptors (Lipinski definition) is 12. The number of carbonyl (C=O) groups is 10. The predicted molar refractivity (Wildman–Crippen MR) is 413 cm³/mol. The van der Waals surface area contributed by atoms with E-state index in [1.165, 1.54) is 9.80 Å². The summed E-state index contributed by atoms with van der Waals surface area (Å²) in [6.45, 7) is -0.959. The highest BCUT2D eigenvalue weighted by atomic mass is 16.5. The van der Waals surface area contributed by atoms with E-state index in [1.807, 2.05) is 121 Å². The van der Waals surface area contributed by atoms with E-state index in [1.54, 1.807) is 38.0 Å². The molecule has 0 spiro atoms. The highest BCUT2D eigenvalue weighted by molar-refractivity contribution is 6.25. The maximum Gasteiger partial charge on any atom is 0.310 e. The molecule has 108 heavy (non-hydrogen) atoms. The fourth-order valence-corrected chi connectivity index (χ4v) is 18.2. The van der Waals surface area contributed by atoms with Gasteiger partial charge < -0.3 is 50.3 Å². The van der Waals surface area contributed by atoms with E-state index in [4.69, 9.17) is 9.47 Å². The SMILES string of the molecule is CN1C(=O)[C@H](Cc2ccccc2)NC(=O)[C@H]2CC[C@@H](C2)N(C)C(=O)[C@@H](COC(=O)Cc2ccc3ccc4cccc5ccc2c3c45)NC(=O)[C@H]2CC[C@@H](C2)N(C)C(=O)[C@@H](Cc2ccccc2)NC(=O)[C@@H]2CC[C@@H](C2)N(C)C(=O)[C@@H](COC(=O)Cc2ccc3ccc4cccc5ccc2c3c45)NC(=O)[C@H]2CC[C@H]1C2. The highest BCUT2D eigenvalue weighted by Crippen LogP contribution is 2.40. The van der Waals surface area contributed by atoms with Crippen LogP contribution in [0.4, 0.5) is 0 Å². The molecule has 15 rings (SSSR count). The summed E-state index contributed by atoms with van der Waals surface area (Å²) in [5.41, 5.74) is 3.11. The number of benzene rings is 10. The summed E-state index contributed by atoms with van der Waals surface area (Å²) in [6.07, 6.45) is 4.28. The average molecular weight is 1450 g/mol. The fourth-order valence-electron chi connectivity index (χ4n) is 18.2. The smallest absolute Gasteiger partial charge is 0.310 e. The van der Waals surface area contributed by atoms with Crippen LogP contribution in [-0.4, -0.2) is 169 Å². The molecule has 5 aliphatic rings. The first kappa shape index (κ1) is 72.5. The van der Waals surface area contributed by atoms with Crippen molar-refractivity contribution >= 4 is 124 Å². The van der Waals surface area contributed by atoms with Crippen LogP contribution in [0, 0.1) is 23.7 Å². The van der Waals surface area contributed by atoms with Gasteiger partial charge in [0.25, 0.3) is 0 Å². The predicted octanol–water partition coefficient (Wildman–Crippen LogP) is 10.3. The highest BCUT2D eigenvalue weighted by Gasteiger charge is 2.44. The molecule has 5 fully saturated rings. The van der Waals surface area contributed by atoms with Gasteiger partial charge in [-0.1, -0.05) is 170 Å². The van der Waals surface area contributed by atoms with E-state index in [2.05, 4.69) is 69.8 Å². The van der Waals surface area contributed by atoms with Gasteiger partial charge in [0.05, 0.1) is 12.8 Å². The van der Waals surface area contributed by atoms with Crippen molar-refractivity contribution in [3.05, 3.63) is 192 Å². The van der Waals surface area contributed by atoms with Gasteiger partial charge in [-0.05, 0) is 164 Å². The molecular formula is C88H92N8O12.